The number of aromatic nitrogens is 3. The zero-order valence-corrected chi connectivity index (χ0v) is 11.5. The van der Waals surface area contributed by atoms with Gasteiger partial charge in [0.05, 0.1) is 0 Å². The van der Waals surface area contributed by atoms with E-state index in [9.17, 15) is 0 Å². The van der Waals surface area contributed by atoms with Crippen LogP contribution in [0.25, 0.3) is 5.65 Å². The fourth-order valence-corrected chi connectivity index (χ4v) is 2.45. The van der Waals surface area contributed by atoms with E-state index in [-0.39, 0.29) is 0 Å². The Morgan fingerprint density at radius 2 is 2.00 bits per heavy atom. The number of hydrogen-bond donors (Lipinski definition) is 1. The predicted octanol–water partition coefficient (Wildman–Crippen LogP) is 3.86. The monoisotopic (exact) mass is 249 g/mol. The van der Waals surface area contributed by atoms with Crippen LogP contribution in [-0.2, 0) is 6.42 Å². The van der Waals surface area contributed by atoms with Crippen molar-refractivity contribution >= 4 is 17.9 Å². The number of hydrogen-bond acceptors (Lipinski definition) is 2. The summed E-state index contributed by atoms with van der Waals surface area (Å²) in [4.78, 5) is 4.59. The largest absolute Gasteiger partial charge is 0.295 e. The molecule has 3 nitrogen and oxygen atoms in total. The summed E-state index contributed by atoms with van der Waals surface area (Å²) in [5, 5.41) is 3.37. The highest BCUT2D eigenvalue weighted by Gasteiger charge is 2.11. The van der Waals surface area contributed by atoms with E-state index < -0.39 is 0 Å². The van der Waals surface area contributed by atoms with Crippen LogP contribution in [0.2, 0.25) is 0 Å². The first-order chi connectivity index (χ1) is 8.19. The highest BCUT2D eigenvalue weighted by Crippen LogP contribution is 2.22. The summed E-state index contributed by atoms with van der Waals surface area (Å²) in [6.45, 7) is 6.52. The number of aromatic amines is 1. The van der Waals surface area contributed by atoms with Crippen molar-refractivity contribution < 1.29 is 0 Å². The van der Waals surface area contributed by atoms with E-state index in [0.717, 1.165) is 35.2 Å². The molecule has 0 bridgehead atoms. The predicted molar refractivity (Wildman–Crippen MR) is 73.1 cm³/mol. The quantitative estimate of drug-likeness (QED) is 0.835. The standard InChI is InChI=1S/C13H19N3S/c1-4-9(5-2)11-8-12-14-10(6-3)7-13(17)16(12)15-11/h7-9,15H,4-6H2,1-3H3. The molecule has 4 heteroatoms. The van der Waals surface area contributed by atoms with Gasteiger partial charge in [0.1, 0.15) is 4.64 Å². The van der Waals surface area contributed by atoms with E-state index in [1.54, 1.807) is 0 Å². The average Bonchev–Trinajstić information content (AvgIpc) is 2.75. The van der Waals surface area contributed by atoms with E-state index in [1.165, 1.54) is 5.69 Å². The first-order valence-corrected chi connectivity index (χ1v) is 6.72. The average molecular weight is 249 g/mol. The minimum atomic E-state index is 0.566. The first-order valence-electron chi connectivity index (χ1n) is 6.31. The molecule has 0 fully saturated rings. The van der Waals surface area contributed by atoms with Crippen LogP contribution in [0.4, 0.5) is 0 Å². The lowest BCUT2D eigenvalue weighted by atomic mass is 10.00. The number of nitrogens with zero attached hydrogens (tertiary/aromatic N) is 2. The molecule has 0 amide bonds. The molecular formula is C13H19N3S. The van der Waals surface area contributed by atoms with Gasteiger partial charge in [-0.25, -0.2) is 9.50 Å². The zero-order chi connectivity index (χ0) is 12.4. The molecule has 0 radical (unpaired) electrons. The molecule has 1 N–H and O–H groups in total. The lowest BCUT2D eigenvalue weighted by Crippen LogP contribution is -1.98. The van der Waals surface area contributed by atoms with Crippen LogP contribution >= 0.6 is 12.2 Å². The number of rotatable bonds is 4. The van der Waals surface area contributed by atoms with Gasteiger partial charge in [-0.3, -0.25) is 5.10 Å². The summed E-state index contributed by atoms with van der Waals surface area (Å²) in [5.74, 6) is 0.566. The van der Waals surface area contributed by atoms with Crippen molar-refractivity contribution in [2.24, 2.45) is 0 Å². The third kappa shape index (κ3) is 2.27. The molecule has 0 saturated carbocycles. The van der Waals surface area contributed by atoms with E-state index in [2.05, 4.69) is 36.9 Å². The number of H-pyrrole nitrogens is 1. The van der Waals surface area contributed by atoms with Crippen molar-refractivity contribution in [2.75, 3.05) is 0 Å². The molecule has 0 atom stereocenters. The van der Waals surface area contributed by atoms with Crippen molar-refractivity contribution in [3.63, 3.8) is 0 Å². The molecule has 0 aliphatic rings. The fraction of sp³-hybridized carbons (Fsp3) is 0.538. The van der Waals surface area contributed by atoms with Gasteiger partial charge in [0.15, 0.2) is 5.65 Å². The molecule has 2 heterocycles. The molecule has 2 rings (SSSR count). The Balaban J connectivity index is 2.57. The van der Waals surface area contributed by atoms with E-state index in [0.29, 0.717) is 5.92 Å². The lowest BCUT2D eigenvalue weighted by Gasteiger charge is -2.08. The van der Waals surface area contributed by atoms with Crippen molar-refractivity contribution in [1.29, 1.82) is 0 Å². The van der Waals surface area contributed by atoms with Gasteiger partial charge in [-0.2, -0.15) is 0 Å². The van der Waals surface area contributed by atoms with Crippen molar-refractivity contribution in [3.8, 4) is 0 Å². The van der Waals surface area contributed by atoms with Gasteiger partial charge in [-0.15, -0.1) is 0 Å². The Kier molecular flexibility index (Phi) is 3.62. The highest BCUT2D eigenvalue weighted by atomic mass is 32.1. The molecule has 2 aromatic heterocycles. The van der Waals surface area contributed by atoms with E-state index in [1.807, 2.05) is 10.6 Å². The second-order valence-corrected chi connectivity index (χ2v) is 4.78. The van der Waals surface area contributed by atoms with Gasteiger partial charge < -0.3 is 0 Å². The van der Waals surface area contributed by atoms with Crippen LogP contribution in [0.1, 0.15) is 50.9 Å². The molecule has 2 aromatic rings. The second kappa shape index (κ2) is 5.00. The topological polar surface area (TPSA) is 33.1 Å². The van der Waals surface area contributed by atoms with Crippen LogP contribution in [0.5, 0.6) is 0 Å². The van der Waals surface area contributed by atoms with E-state index in [4.69, 9.17) is 12.2 Å². The molecular weight excluding hydrogens is 230 g/mol. The van der Waals surface area contributed by atoms with Gasteiger partial charge in [0.25, 0.3) is 0 Å². The molecule has 0 spiro atoms. The number of aryl methyl sites for hydroxylation is 1. The van der Waals surface area contributed by atoms with Crippen molar-refractivity contribution in [1.82, 2.24) is 14.6 Å². The molecule has 0 saturated heterocycles. The first kappa shape index (κ1) is 12.3. The SMILES string of the molecule is CCc1cc(=S)n2[nH]c(C(CC)CC)cc2n1. The Bertz CT molecular complexity index is 564. The van der Waals surface area contributed by atoms with E-state index >= 15 is 0 Å². The normalized spacial score (nSPS) is 11.5. The summed E-state index contributed by atoms with van der Waals surface area (Å²) in [7, 11) is 0. The van der Waals surface area contributed by atoms with Crippen molar-refractivity contribution in [3.05, 3.63) is 28.2 Å². The fourth-order valence-electron chi connectivity index (χ4n) is 2.18. The van der Waals surface area contributed by atoms with Crippen LogP contribution in [0.3, 0.4) is 0 Å². The molecule has 0 aliphatic heterocycles. The summed E-state index contributed by atoms with van der Waals surface area (Å²) in [6.07, 6.45) is 3.19. The zero-order valence-electron chi connectivity index (χ0n) is 10.7. The van der Waals surface area contributed by atoms with Crippen LogP contribution < -0.4 is 0 Å². The maximum absolute atomic E-state index is 5.37. The van der Waals surface area contributed by atoms with Crippen LogP contribution in [0, 0.1) is 4.64 Å². The smallest absolute Gasteiger partial charge is 0.154 e. The summed E-state index contributed by atoms with van der Waals surface area (Å²) in [6, 6.07) is 4.10. The second-order valence-electron chi connectivity index (χ2n) is 4.36. The minimum Gasteiger partial charge on any atom is -0.295 e. The Morgan fingerprint density at radius 1 is 1.29 bits per heavy atom. The van der Waals surface area contributed by atoms with Gasteiger partial charge in [0, 0.05) is 23.4 Å². The molecule has 92 valence electrons. The Labute approximate surface area is 107 Å². The summed E-state index contributed by atoms with van der Waals surface area (Å²) in [5.41, 5.74) is 3.24. The van der Waals surface area contributed by atoms with Crippen LogP contribution in [0.15, 0.2) is 12.1 Å². The summed E-state index contributed by atoms with van der Waals surface area (Å²) >= 11 is 5.37. The molecule has 0 aromatic carbocycles. The number of fused-ring (bicyclic) bond motifs is 1. The number of nitrogens with one attached hydrogen (secondary N) is 1. The maximum atomic E-state index is 5.37. The van der Waals surface area contributed by atoms with Gasteiger partial charge in [-0.1, -0.05) is 33.0 Å². The van der Waals surface area contributed by atoms with Crippen LogP contribution in [-0.4, -0.2) is 14.6 Å². The van der Waals surface area contributed by atoms with Gasteiger partial charge >= 0.3 is 0 Å². The third-order valence-corrected chi connectivity index (χ3v) is 3.61. The molecule has 0 unspecified atom stereocenters. The van der Waals surface area contributed by atoms with Crippen molar-refractivity contribution in [2.45, 2.75) is 46.0 Å². The highest BCUT2D eigenvalue weighted by molar-refractivity contribution is 7.71. The van der Waals surface area contributed by atoms with Gasteiger partial charge in [0.2, 0.25) is 0 Å². The third-order valence-electron chi connectivity index (χ3n) is 3.31. The molecule has 0 aliphatic carbocycles. The maximum Gasteiger partial charge on any atom is 0.154 e. The molecule has 17 heavy (non-hydrogen) atoms. The minimum absolute atomic E-state index is 0.566. The van der Waals surface area contributed by atoms with Gasteiger partial charge in [-0.05, 0) is 25.3 Å². The Hall–Kier alpha value is -1.16. The lowest BCUT2D eigenvalue weighted by molar-refractivity contribution is 0.616. The summed E-state index contributed by atoms with van der Waals surface area (Å²) < 4.78 is 2.71. The Morgan fingerprint density at radius 3 is 2.59 bits per heavy atom.